The summed E-state index contributed by atoms with van der Waals surface area (Å²) in [5.74, 6) is -1.08. The van der Waals surface area contributed by atoms with Gasteiger partial charge in [0.25, 0.3) is 17.2 Å². The summed E-state index contributed by atoms with van der Waals surface area (Å²) >= 11 is 0. The van der Waals surface area contributed by atoms with Crippen LogP contribution in [-0.4, -0.2) is 50.9 Å². The number of amides is 1. The first-order valence-electron chi connectivity index (χ1n) is 12.3. The summed E-state index contributed by atoms with van der Waals surface area (Å²) in [4.78, 5) is 43.0. The summed E-state index contributed by atoms with van der Waals surface area (Å²) in [5.41, 5.74) is 2.45. The zero-order chi connectivity index (χ0) is 24.8. The number of Topliss-reactive ketones (excluding diaryl/α,β-unsaturated/α-hetero) is 1. The third-order valence-corrected chi connectivity index (χ3v) is 7.58. The molecule has 0 saturated carbocycles. The number of aromatic nitrogens is 1. The van der Waals surface area contributed by atoms with Crippen LogP contribution in [0.4, 0.5) is 0 Å². The molecule has 6 rings (SSSR count). The number of nitrogens with zero attached hydrogens (tertiary/aromatic N) is 3. The molecule has 2 bridgehead atoms. The Morgan fingerprint density at radius 2 is 1.58 bits per heavy atom. The van der Waals surface area contributed by atoms with E-state index in [1.165, 1.54) is 0 Å². The molecule has 182 valence electrons. The molecule has 0 aliphatic carbocycles. The number of likely N-dealkylation sites (tertiary alicyclic amines) is 2. The number of pyridine rings is 1. The fourth-order valence-corrected chi connectivity index (χ4v) is 6.12. The maximum Gasteiger partial charge on any atom is 0.296 e. The Balaban J connectivity index is 1.36. The van der Waals surface area contributed by atoms with Gasteiger partial charge in [0.2, 0.25) is 0 Å². The average molecular weight is 482 g/mol. The highest BCUT2D eigenvalue weighted by atomic mass is 16.3. The van der Waals surface area contributed by atoms with Gasteiger partial charge in [-0.3, -0.25) is 19.3 Å². The summed E-state index contributed by atoms with van der Waals surface area (Å²) < 4.78 is 1.89. The van der Waals surface area contributed by atoms with Crippen molar-refractivity contribution >= 4 is 17.4 Å². The number of aliphatic hydroxyl groups is 1. The standard InChI is InChI=1S/C29H27N3O4/c33-24-13-7-12-22-14-19-15-23(32(22)24)17-30(16-19)18-31-26(20-8-3-1-4-9-20)25(28(35)29(31)36)27(34)21-10-5-2-6-11-21/h1-13,19,23,26,34H,14-18H2/b27-25-. The van der Waals surface area contributed by atoms with E-state index in [1.54, 1.807) is 35.2 Å². The highest BCUT2D eigenvalue weighted by Crippen LogP contribution is 2.40. The van der Waals surface area contributed by atoms with Crippen molar-refractivity contribution in [2.45, 2.75) is 24.9 Å². The lowest BCUT2D eigenvalue weighted by molar-refractivity contribution is -0.141. The number of hydrogen-bond donors (Lipinski definition) is 1. The molecule has 36 heavy (non-hydrogen) atoms. The van der Waals surface area contributed by atoms with Gasteiger partial charge in [-0.25, -0.2) is 0 Å². The Kier molecular flexibility index (Phi) is 5.57. The fourth-order valence-electron chi connectivity index (χ4n) is 6.12. The van der Waals surface area contributed by atoms with E-state index in [0.717, 1.165) is 30.6 Å². The zero-order valence-electron chi connectivity index (χ0n) is 19.8. The summed E-state index contributed by atoms with van der Waals surface area (Å²) in [5, 5.41) is 11.2. The Labute approximate surface area is 208 Å². The minimum Gasteiger partial charge on any atom is -0.507 e. The minimum atomic E-state index is -0.691. The van der Waals surface area contributed by atoms with Gasteiger partial charge in [0.1, 0.15) is 5.76 Å². The lowest BCUT2D eigenvalue weighted by atomic mass is 9.86. The average Bonchev–Trinajstić information content (AvgIpc) is 3.14. The maximum absolute atomic E-state index is 13.4. The zero-order valence-corrected chi connectivity index (χ0v) is 19.8. The summed E-state index contributed by atoms with van der Waals surface area (Å²) in [6, 6.07) is 23.0. The molecule has 2 saturated heterocycles. The highest BCUT2D eigenvalue weighted by molar-refractivity contribution is 6.46. The molecule has 2 fully saturated rings. The second kappa shape index (κ2) is 8.91. The van der Waals surface area contributed by atoms with Crippen LogP contribution < -0.4 is 5.56 Å². The number of carbonyl (C=O) groups is 2. The number of piperidine rings is 1. The van der Waals surface area contributed by atoms with Gasteiger partial charge in [-0.05, 0) is 30.4 Å². The smallest absolute Gasteiger partial charge is 0.296 e. The molecule has 3 aliphatic heterocycles. The molecule has 0 spiro atoms. The third kappa shape index (κ3) is 3.76. The molecule has 7 nitrogen and oxygen atoms in total. The fraction of sp³-hybridized carbons (Fsp3) is 0.276. The largest absolute Gasteiger partial charge is 0.507 e. The summed E-state index contributed by atoms with van der Waals surface area (Å²) in [7, 11) is 0. The van der Waals surface area contributed by atoms with Crippen LogP contribution in [-0.2, 0) is 16.0 Å². The molecular formula is C29H27N3O4. The van der Waals surface area contributed by atoms with Crippen molar-refractivity contribution in [2.75, 3.05) is 19.8 Å². The number of rotatable bonds is 4. The summed E-state index contributed by atoms with van der Waals surface area (Å²) in [6.07, 6.45) is 1.75. The van der Waals surface area contributed by atoms with Gasteiger partial charge in [-0.2, -0.15) is 0 Å². The van der Waals surface area contributed by atoms with Crippen molar-refractivity contribution in [3.8, 4) is 0 Å². The van der Waals surface area contributed by atoms with Gasteiger partial charge in [0.05, 0.1) is 18.3 Å². The lowest BCUT2D eigenvalue weighted by Crippen LogP contribution is -2.52. The molecule has 7 heteroatoms. The normalized spacial score (nSPS) is 25.1. The Morgan fingerprint density at radius 1 is 0.861 bits per heavy atom. The molecule has 4 heterocycles. The quantitative estimate of drug-likeness (QED) is 0.351. The first kappa shape index (κ1) is 22.5. The number of fused-ring (bicyclic) bond motifs is 4. The monoisotopic (exact) mass is 481 g/mol. The van der Waals surface area contributed by atoms with Crippen molar-refractivity contribution in [3.05, 3.63) is 112 Å². The molecule has 3 aromatic rings. The number of benzene rings is 2. The van der Waals surface area contributed by atoms with Gasteiger partial charge in [-0.1, -0.05) is 66.7 Å². The van der Waals surface area contributed by atoms with Crippen molar-refractivity contribution in [2.24, 2.45) is 5.92 Å². The van der Waals surface area contributed by atoms with Crippen LogP contribution in [0.15, 0.2) is 89.2 Å². The van der Waals surface area contributed by atoms with E-state index < -0.39 is 17.7 Å². The van der Waals surface area contributed by atoms with E-state index in [9.17, 15) is 19.5 Å². The minimum absolute atomic E-state index is 0.00499. The molecule has 3 unspecified atom stereocenters. The van der Waals surface area contributed by atoms with E-state index in [1.807, 2.05) is 53.1 Å². The molecule has 0 radical (unpaired) electrons. The van der Waals surface area contributed by atoms with Crippen LogP contribution in [0.2, 0.25) is 0 Å². The van der Waals surface area contributed by atoms with Crippen LogP contribution in [0, 0.1) is 5.92 Å². The molecular weight excluding hydrogens is 454 g/mol. The van der Waals surface area contributed by atoms with Gasteiger partial charge >= 0.3 is 0 Å². The Bertz CT molecular complexity index is 1410. The van der Waals surface area contributed by atoms with Crippen LogP contribution in [0.1, 0.15) is 35.3 Å². The van der Waals surface area contributed by atoms with Crippen molar-refractivity contribution in [1.82, 2.24) is 14.4 Å². The molecule has 1 N–H and O–H groups in total. The predicted molar refractivity (Wildman–Crippen MR) is 135 cm³/mol. The molecule has 3 aliphatic rings. The van der Waals surface area contributed by atoms with E-state index in [-0.39, 0.29) is 29.6 Å². The summed E-state index contributed by atoms with van der Waals surface area (Å²) in [6.45, 7) is 1.65. The number of ketones is 1. The van der Waals surface area contributed by atoms with Gasteiger partial charge in [0.15, 0.2) is 0 Å². The van der Waals surface area contributed by atoms with Crippen molar-refractivity contribution in [1.29, 1.82) is 0 Å². The van der Waals surface area contributed by atoms with E-state index >= 15 is 0 Å². The number of carbonyl (C=O) groups excluding carboxylic acids is 2. The SMILES string of the molecule is O=C1C(=O)N(CN2CC3Cc4cccc(=O)n4C(C3)C2)C(c2ccccc2)/C1=C(/O)c1ccccc1. The second-order valence-electron chi connectivity index (χ2n) is 9.91. The molecule has 1 amide bonds. The van der Waals surface area contributed by atoms with Gasteiger partial charge < -0.3 is 14.6 Å². The van der Waals surface area contributed by atoms with Gasteiger partial charge in [-0.15, -0.1) is 0 Å². The molecule has 1 aromatic heterocycles. The topological polar surface area (TPSA) is 82.9 Å². The van der Waals surface area contributed by atoms with Crippen LogP contribution >= 0.6 is 0 Å². The number of aliphatic hydroxyl groups excluding tert-OH is 1. The van der Waals surface area contributed by atoms with E-state index in [0.29, 0.717) is 18.0 Å². The Hall–Kier alpha value is -3.97. The third-order valence-electron chi connectivity index (χ3n) is 7.58. The maximum atomic E-state index is 13.4. The lowest BCUT2D eigenvalue weighted by Gasteiger charge is -2.44. The second-order valence-corrected chi connectivity index (χ2v) is 9.91. The molecule has 2 aromatic carbocycles. The van der Waals surface area contributed by atoms with Crippen molar-refractivity contribution < 1.29 is 14.7 Å². The highest BCUT2D eigenvalue weighted by Gasteiger charge is 2.47. The van der Waals surface area contributed by atoms with E-state index in [2.05, 4.69) is 4.90 Å². The van der Waals surface area contributed by atoms with Crippen molar-refractivity contribution in [3.63, 3.8) is 0 Å². The molecule has 3 atom stereocenters. The first-order chi connectivity index (χ1) is 17.5. The number of hydrogen-bond acceptors (Lipinski definition) is 5. The van der Waals surface area contributed by atoms with Crippen LogP contribution in [0.3, 0.4) is 0 Å². The van der Waals surface area contributed by atoms with Crippen LogP contribution in [0.25, 0.3) is 5.76 Å². The van der Waals surface area contributed by atoms with Crippen LogP contribution in [0.5, 0.6) is 0 Å². The first-order valence-corrected chi connectivity index (χ1v) is 12.3. The Morgan fingerprint density at radius 3 is 2.33 bits per heavy atom. The van der Waals surface area contributed by atoms with Gasteiger partial charge in [0, 0.05) is 36.5 Å². The van der Waals surface area contributed by atoms with E-state index in [4.69, 9.17) is 0 Å². The predicted octanol–water partition coefficient (Wildman–Crippen LogP) is 3.35.